The van der Waals surface area contributed by atoms with Gasteiger partial charge in [0.1, 0.15) is 18.0 Å². The lowest BCUT2D eigenvalue weighted by Crippen LogP contribution is -2.38. The zero-order valence-corrected chi connectivity index (χ0v) is 11.5. The Morgan fingerprint density at radius 2 is 2.05 bits per heavy atom. The molecule has 1 aromatic heterocycles. The second kappa shape index (κ2) is 5.51. The molecule has 7 heteroatoms. The molecular formula is C14H16FN5O. The number of rotatable bonds is 1. The summed E-state index contributed by atoms with van der Waals surface area (Å²) in [5.41, 5.74) is 6.03. The summed E-state index contributed by atoms with van der Waals surface area (Å²) in [7, 11) is 0. The fourth-order valence-corrected chi connectivity index (χ4v) is 2.62. The maximum atomic E-state index is 13.5. The van der Waals surface area contributed by atoms with Gasteiger partial charge < -0.3 is 15.5 Å². The average molecular weight is 289 g/mol. The average Bonchev–Trinajstić information content (AvgIpc) is 2.72. The first-order chi connectivity index (χ1) is 10.1. The molecule has 21 heavy (non-hydrogen) atoms. The number of amides is 2. The third-order valence-corrected chi connectivity index (χ3v) is 3.68. The second-order valence-corrected chi connectivity index (χ2v) is 5.02. The van der Waals surface area contributed by atoms with Gasteiger partial charge in [0.15, 0.2) is 0 Å². The number of hydrogen-bond acceptors (Lipinski definition) is 4. The SMILES string of the molecule is NC(=O)N1CCCN(c2ncnc3ccc(F)cc23)CC1. The van der Waals surface area contributed by atoms with Crippen molar-refractivity contribution in [1.82, 2.24) is 14.9 Å². The van der Waals surface area contributed by atoms with E-state index in [1.165, 1.54) is 18.5 Å². The number of halogens is 1. The molecule has 3 rings (SSSR count). The van der Waals surface area contributed by atoms with Crippen LogP contribution >= 0.6 is 0 Å². The number of carbonyl (C=O) groups excluding carboxylic acids is 1. The second-order valence-electron chi connectivity index (χ2n) is 5.02. The molecule has 0 spiro atoms. The quantitative estimate of drug-likeness (QED) is 0.860. The summed E-state index contributed by atoms with van der Waals surface area (Å²) in [5.74, 6) is 0.387. The molecule has 6 nitrogen and oxygen atoms in total. The zero-order chi connectivity index (χ0) is 14.8. The van der Waals surface area contributed by atoms with Crippen LogP contribution in [0.25, 0.3) is 10.9 Å². The van der Waals surface area contributed by atoms with Gasteiger partial charge in [0.2, 0.25) is 0 Å². The molecule has 1 aromatic carbocycles. The van der Waals surface area contributed by atoms with Crippen LogP contribution in [0.4, 0.5) is 15.0 Å². The molecule has 2 amide bonds. The van der Waals surface area contributed by atoms with E-state index in [1.54, 1.807) is 11.0 Å². The van der Waals surface area contributed by atoms with Crippen LogP contribution in [-0.2, 0) is 0 Å². The molecule has 0 unspecified atom stereocenters. The highest BCUT2D eigenvalue weighted by atomic mass is 19.1. The summed E-state index contributed by atoms with van der Waals surface area (Å²) in [6.07, 6.45) is 2.27. The van der Waals surface area contributed by atoms with Crippen LogP contribution in [0.15, 0.2) is 24.5 Å². The minimum Gasteiger partial charge on any atom is -0.354 e. The van der Waals surface area contributed by atoms with Gasteiger partial charge in [-0.25, -0.2) is 19.2 Å². The van der Waals surface area contributed by atoms with Crippen LogP contribution in [-0.4, -0.2) is 47.1 Å². The standard InChI is InChI=1S/C14H16FN5O/c15-10-2-3-12-11(8-10)13(18-9-17-12)19-4-1-5-20(7-6-19)14(16)21/h2-3,8-9H,1,4-7H2,(H2,16,21). The number of carbonyl (C=O) groups is 1. The van der Waals surface area contributed by atoms with Gasteiger partial charge in [-0.2, -0.15) is 0 Å². The predicted molar refractivity (Wildman–Crippen MR) is 77.5 cm³/mol. The molecule has 1 fully saturated rings. The van der Waals surface area contributed by atoms with Gasteiger partial charge in [0.05, 0.1) is 5.52 Å². The monoisotopic (exact) mass is 289 g/mol. The van der Waals surface area contributed by atoms with E-state index < -0.39 is 6.03 Å². The number of nitrogens with zero attached hydrogens (tertiary/aromatic N) is 4. The number of primary amides is 1. The van der Waals surface area contributed by atoms with E-state index in [2.05, 4.69) is 9.97 Å². The molecule has 0 radical (unpaired) electrons. The Bertz CT molecular complexity index is 677. The molecule has 0 bridgehead atoms. The highest BCUT2D eigenvalue weighted by Gasteiger charge is 2.19. The normalized spacial score (nSPS) is 16.0. The zero-order valence-electron chi connectivity index (χ0n) is 11.5. The molecule has 2 N–H and O–H groups in total. The summed E-state index contributed by atoms with van der Waals surface area (Å²) in [4.78, 5) is 23.4. The molecule has 110 valence electrons. The Labute approximate surface area is 121 Å². The first kappa shape index (κ1) is 13.5. The Morgan fingerprint density at radius 3 is 2.86 bits per heavy atom. The number of benzene rings is 1. The summed E-state index contributed by atoms with van der Waals surface area (Å²) < 4.78 is 13.5. The highest BCUT2D eigenvalue weighted by molar-refractivity contribution is 5.89. The summed E-state index contributed by atoms with van der Waals surface area (Å²) in [6.45, 7) is 2.53. The van der Waals surface area contributed by atoms with E-state index in [4.69, 9.17) is 5.73 Å². The fourth-order valence-electron chi connectivity index (χ4n) is 2.62. The Balaban J connectivity index is 1.93. The van der Waals surface area contributed by atoms with Crippen LogP contribution in [0, 0.1) is 5.82 Å². The largest absolute Gasteiger partial charge is 0.354 e. The molecule has 2 aromatic rings. The van der Waals surface area contributed by atoms with Crippen molar-refractivity contribution in [2.45, 2.75) is 6.42 Å². The van der Waals surface area contributed by atoms with Gasteiger partial charge in [-0.1, -0.05) is 0 Å². The van der Waals surface area contributed by atoms with E-state index in [-0.39, 0.29) is 5.82 Å². The van der Waals surface area contributed by atoms with Crippen molar-refractivity contribution in [2.75, 3.05) is 31.1 Å². The van der Waals surface area contributed by atoms with Crippen molar-refractivity contribution in [3.8, 4) is 0 Å². The molecule has 2 heterocycles. The topological polar surface area (TPSA) is 75.4 Å². The van der Waals surface area contributed by atoms with Crippen molar-refractivity contribution in [2.24, 2.45) is 5.73 Å². The smallest absolute Gasteiger partial charge is 0.314 e. The minimum atomic E-state index is -0.407. The number of fused-ring (bicyclic) bond motifs is 1. The highest BCUT2D eigenvalue weighted by Crippen LogP contribution is 2.24. The number of anilines is 1. The lowest BCUT2D eigenvalue weighted by atomic mass is 10.2. The van der Waals surface area contributed by atoms with Crippen LogP contribution in [0.2, 0.25) is 0 Å². The molecule has 1 aliphatic heterocycles. The van der Waals surface area contributed by atoms with Crippen LogP contribution in [0.5, 0.6) is 0 Å². The first-order valence-corrected chi connectivity index (χ1v) is 6.85. The third kappa shape index (κ3) is 2.72. The molecule has 0 aliphatic carbocycles. The van der Waals surface area contributed by atoms with E-state index in [0.29, 0.717) is 36.4 Å². The molecule has 1 saturated heterocycles. The third-order valence-electron chi connectivity index (χ3n) is 3.68. The summed E-state index contributed by atoms with van der Waals surface area (Å²) in [5, 5.41) is 0.685. The van der Waals surface area contributed by atoms with Crippen LogP contribution < -0.4 is 10.6 Å². The molecule has 1 aliphatic rings. The maximum absolute atomic E-state index is 13.5. The van der Waals surface area contributed by atoms with E-state index in [0.717, 1.165) is 13.0 Å². The minimum absolute atomic E-state index is 0.313. The lowest BCUT2D eigenvalue weighted by molar-refractivity contribution is 0.211. The van der Waals surface area contributed by atoms with Gasteiger partial charge in [-0.15, -0.1) is 0 Å². The van der Waals surface area contributed by atoms with E-state index in [9.17, 15) is 9.18 Å². The van der Waals surface area contributed by atoms with Crippen molar-refractivity contribution in [3.63, 3.8) is 0 Å². The van der Waals surface area contributed by atoms with Crippen LogP contribution in [0.1, 0.15) is 6.42 Å². The van der Waals surface area contributed by atoms with Crippen molar-refractivity contribution in [1.29, 1.82) is 0 Å². The Hall–Kier alpha value is -2.44. The van der Waals surface area contributed by atoms with E-state index in [1.807, 2.05) is 4.90 Å². The summed E-state index contributed by atoms with van der Waals surface area (Å²) >= 11 is 0. The van der Waals surface area contributed by atoms with Gasteiger partial charge in [-0.05, 0) is 24.6 Å². The first-order valence-electron chi connectivity index (χ1n) is 6.85. The van der Waals surface area contributed by atoms with Crippen molar-refractivity contribution < 1.29 is 9.18 Å². The van der Waals surface area contributed by atoms with Gasteiger partial charge in [0, 0.05) is 31.6 Å². The number of hydrogen-bond donors (Lipinski definition) is 1. The molecule has 0 atom stereocenters. The lowest BCUT2D eigenvalue weighted by Gasteiger charge is -2.23. The Kier molecular flexibility index (Phi) is 3.55. The summed E-state index contributed by atoms with van der Waals surface area (Å²) in [6, 6.07) is 4.07. The maximum Gasteiger partial charge on any atom is 0.314 e. The van der Waals surface area contributed by atoms with Gasteiger partial charge >= 0.3 is 6.03 Å². The number of nitrogens with two attached hydrogens (primary N) is 1. The number of aromatic nitrogens is 2. The number of urea groups is 1. The van der Waals surface area contributed by atoms with Gasteiger partial charge in [0.25, 0.3) is 0 Å². The van der Waals surface area contributed by atoms with Gasteiger partial charge in [-0.3, -0.25) is 0 Å². The van der Waals surface area contributed by atoms with E-state index >= 15 is 0 Å². The van der Waals surface area contributed by atoms with Crippen molar-refractivity contribution >= 4 is 22.8 Å². The van der Waals surface area contributed by atoms with Crippen molar-refractivity contribution in [3.05, 3.63) is 30.3 Å². The predicted octanol–water partition coefficient (Wildman–Crippen LogP) is 1.36. The van der Waals surface area contributed by atoms with Crippen LogP contribution in [0.3, 0.4) is 0 Å². The molecular weight excluding hydrogens is 273 g/mol. The fraction of sp³-hybridized carbons (Fsp3) is 0.357. The molecule has 0 saturated carbocycles. The Morgan fingerprint density at radius 1 is 1.19 bits per heavy atom.